The molecule has 0 saturated carbocycles. The molecule has 2 N–H and O–H groups in total. The molecule has 1 aromatic rings. The molecule has 0 spiro atoms. The Hall–Kier alpha value is -2.12. The number of carboxylic acid groups (broad SMARTS) is 1. The number of rotatable bonds is 5. The van der Waals surface area contributed by atoms with Crippen LogP contribution in [0.5, 0.6) is 0 Å². The molecule has 0 aliphatic heterocycles. The molecule has 0 heterocycles. The Morgan fingerprint density at radius 3 is 2.43 bits per heavy atom. The smallest absolute Gasteiger partial charge is 0.419 e. The van der Waals surface area contributed by atoms with Crippen molar-refractivity contribution in [2.75, 3.05) is 6.54 Å². The predicted octanol–water partition coefficient (Wildman–Crippen LogP) is 2.69. The van der Waals surface area contributed by atoms with Gasteiger partial charge in [-0.15, -0.1) is 0 Å². The van der Waals surface area contributed by atoms with Gasteiger partial charge in [0.2, 0.25) is 0 Å². The molecule has 0 aromatic heterocycles. The second-order valence-corrected chi connectivity index (χ2v) is 4.35. The Bertz CT molecular complexity index is 543. The zero-order valence-electron chi connectivity index (χ0n) is 11.0. The lowest BCUT2D eigenvalue weighted by Gasteiger charge is -2.12. The highest BCUT2D eigenvalue weighted by molar-refractivity contribution is 5.94. The molecule has 0 bridgehead atoms. The van der Waals surface area contributed by atoms with Crippen molar-refractivity contribution in [1.82, 2.24) is 5.32 Å². The van der Waals surface area contributed by atoms with E-state index in [0.717, 1.165) is 6.07 Å². The van der Waals surface area contributed by atoms with Gasteiger partial charge in [-0.3, -0.25) is 9.59 Å². The summed E-state index contributed by atoms with van der Waals surface area (Å²) in [5, 5.41) is 11.0. The van der Waals surface area contributed by atoms with E-state index in [0.29, 0.717) is 12.1 Å². The van der Waals surface area contributed by atoms with Gasteiger partial charge in [-0.05, 0) is 24.6 Å². The number of alkyl halides is 3. The monoisotopic (exact) mass is 307 g/mol. The molecule has 116 valence electrons. The van der Waals surface area contributed by atoms with Gasteiger partial charge in [-0.2, -0.15) is 13.2 Å². The molecule has 0 radical (unpaired) electrons. The molecule has 4 nitrogen and oxygen atoms in total. The SMILES string of the molecule is CCC(CNC(=O)c1ccc(F)c(C(F)(F)F)c1)C(=O)O. The number of carboxylic acids is 1. The van der Waals surface area contributed by atoms with E-state index in [1.165, 1.54) is 0 Å². The molecule has 21 heavy (non-hydrogen) atoms. The fraction of sp³-hybridized carbons (Fsp3) is 0.385. The molecule has 1 rings (SSSR count). The van der Waals surface area contributed by atoms with Gasteiger partial charge in [0.1, 0.15) is 5.82 Å². The minimum absolute atomic E-state index is 0.219. The number of carbonyl (C=O) groups excluding carboxylic acids is 1. The van der Waals surface area contributed by atoms with Crippen molar-refractivity contribution in [2.45, 2.75) is 19.5 Å². The molecule has 0 aliphatic carbocycles. The van der Waals surface area contributed by atoms with Crippen molar-refractivity contribution in [1.29, 1.82) is 0 Å². The van der Waals surface area contributed by atoms with Crippen LogP contribution in [-0.4, -0.2) is 23.5 Å². The van der Waals surface area contributed by atoms with Crippen molar-refractivity contribution in [3.05, 3.63) is 35.1 Å². The number of benzene rings is 1. The summed E-state index contributed by atoms with van der Waals surface area (Å²) >= 11 is 0. The third kappa shape index (κ3) is 4.44. The molecular formula is C13H13F4NO3. The molecule has 0 aliphatic rings. The summed E-state index contributed by atoms with van der Waals surface area (Å²) in [5.41, 5.74) is -1.93. The van der Waals surface area contributed by atoms with Crippen LogP contribution >= 0.6 is 0 Å². The van der Waals surface area contributed by atoms with Gasteiger partial charge < -0.3 is 10.4 Å². The first-order valence-corrected chi connectivity index (χ1v) is 6.04. The molecular weight excluding hydrogens is 294 g/mol. The number of nitrogens with one attached hydrogen (secondary N) is 1. The van der Waals surface area contributed by atoms with E-state index in [-0.39, 0.29) is 18.5 Å². The first-order valence-electron chi connectivity index (χ1n) is 6.04. The molecule has 1 amide bonds. The lowest BCUT2D eigenvalue weighted by atomic mass is 10.1. The average Bonchev–Trinajstić information content (AvgIpc) is 2.37. The zero-order chi connectivity index (χ0) is 16.2. The summed E-state index contributed by atoms with van der Waals surface area (Å²) in [6, 6.07) is 1.85. The van der Waals surface area contributed by atoms with Crippen molar-refractivity contribution < 1.29 is 32.3 Å². The first-order chi connectivity index (χ1) is 9.66. The van der Waals surface area contributed by atoms with E-state index in [1.54, 1.807) is 6.92 Å². The lowest BCUT2D eigenvalue weighted by molar-refractivity contribution is -0.141. The van der Waals surface area contributed by atoms with Crippen molar-refractivity contribution in [3.8, 4) is 0 Å². The van der Waals surface area contributed by atoms with Gasteiger partial charge in [-0.25, -0.2) is 4.39 Å². The maximum atomic E-state index is 13.1. The summed E-state index contributed by atoms with van der Waals surface area (Å²) in [6.07, 6.45) is -4.65. The number of amides is 1. The van der Waals surface area contributed by atoms with Gasteiger partial charge in [0.05, 0.1) is 11.5 Å². The van der Waals surface area contributed by atoms with Crippen LogP contribution in [0.2, 0.25) is 0 Å². The first kappa shape index (κ1) is 16.9. The molecule has 1 unspecified atom stereocenters. The van der Waals surface area contributed by atoms with E-state index in [1.807, 2.05) is 0 Å². The summed E-state index contributed by atoms with van der Waals surface area (Å²) < 4.78 is 50.6. The maximum absolute atomic E-state index is 13.1. The Labute approximate surface area is 117 Å². The Balaban J connectivity index is 2.87. The zero-order valence-corrected chi connectivity index (χ0v) is 11.0. The van der Waals surface area contributed by atoms with Gasteiger partial charge >= 0.3 is 12.1 Å². The van der Waals surface area contributed by atoms with Crippen molar-refractivity contribution in [3.63, 3.8) is 0 Å². The van der Waals surface area contributed by atoms with Crippen LogP contribution in [0, 0.1) is 11.7 Å². The number of carbonyl (C=O) groups is 2. The fourth-order valence-electron chi connectivity index (χ4n) is 1.61. The fourth-order valence-corrected chi connectivity index (χ4v) is 1.61. The summed E-state index contributed by atoms with van der Waals surface area (Å²) in [7, 11) is 0. The molecule has 1 aromatic carbocycles. The van der Waals surface area contributed by atoms with Gasteiger partial charge in [0.25, 0.3) is 5.91 Å². The van der Waals surface area contributed by atoms with Crippen LogP contribution in [0.25, 0.3) is 0 Å². The third-order valence-corrected chi connectivity index (χ3v) is 2.89. The number of hydrogen-bond acceptors (Lipinski definition) is 2. The van der Waals surface area contributed by atoms with Crippen molar-refractivity contribution >= 4 is 11.9 Å². The van der Waals surface area contributed by atoms with Crippen molar-refractivity contribution in [2.24, 2.45) is 5.92 Å². The number of hydrogen-bond donors (Lipinski definition) is 2. The summed E-state index contributed by atoms with van der Waals surface area (Å²) in [6.45, 7) is 1.38. The molecule has 1 atom stereocenters. The second kappa shape index (κ2) is 6.55. The van der Waals surface area contributed by atoms with E-state index in [4.69, 9.17) is 5.11 Å². The van der Waals surface area contributed by atoms with E-state index >= 15 is 0 Å². The highest BCUT2D eigenvalue weighted by atomic mass is 19.4. The van der Waals surface area contributed by atoms with Gasteiger partial charge in [0.15, 0.2) is 0 Å². The second-order valence-electron chi connectivity index (χ2n) is 4.35. The lowest BCUT2D eigenvalue weighted by Crippen LogP contribution is -2.32. The minimum atomic E-state index is -4.91. The van der Waals surface area contributed by atoms with E-state index in [9.17, 15) is 27.2 Å². The van der Waals surface area contributed by atoms with Gasteiger partial charge in [0, 0.05) is 12.1 Å². The van der Waals surface area contributed by atoms with Crippen LogP contribution in [-0.2, 0) is 11.0 Å². The largest absolute Gasteiger partial charge is 0.481 e. The van der Waals surface area contributed by atoms with E-state index in [2.05, 4.69) is 5.32 Å². The van der Waals surface area contributed by atoms with Gasteiger partial charge in [-0.1, -0.05) is 6.92 Å². The topological polar surface area (TPSA) is 66.4 Å². The maximum Gasteiger partial charge on any atom is 0.419 e. The third-order valence-electron chi connectivity index (χ3n) is 2.89. The Morgan fingerprint density at radius 1 is 1.33 bits per heavy atom. The summed E-state index contributed by atoms with van der Waals surface area (Å²) in [4.78, 5) is 22.4. The van der Waals surface area contributed by atoms with Crippen LogP contribution < -0.4 is 5.32 Å². The van der Waals surface area contributed by atoms with Crippen LogP contribution in [0.3, 0.4) is 0 Å². The molecule has 0 saturated heterocycles. The van der Waals surface area contributed by atoms with E-state index < -0.39 is 35.4 Å². The Morgan fingerprint density at radius 2 is 1.95 bits per heavy atom. The number of halogens is 4. The normalized spacial score (nSPS) is 12.8. The number of aliphatic carboxylic acids is 1. The molecule has 0 fully saturated rings. The highest BCUT2D eigenvalue weighted by Gasteiger charge is 2.34. The predicted molar refractivity (Wildman–Crippen MR) is 65.2 cm³/mol. The van der Waals surface area contributed by atoms with Crippen LogP contribution in [0.1, 0.15) is 29.3 Å². The molecule has 8 heteroatoms. The quantitative estimate of drug-likeness (QED) is 0.822. The standard InChI is InChI=1S/C13H13F4NO3/c1-2-7(12(20)21)6-18-11(19)8-3-4-10(14)9(5-8)13(15,16)17/h3-5,7H,2,6H2,1H3,(H,18,19)(H,20,21). The summed E-state index contributed by atoms with van der Waals surface area (Å²) in [5.74, 6) is -4.32. The van der Waals surface area contributed by atoms with Crippen LogP contribution in [0.4, 0.5) is 17.6 Å². The average molecular weight is 307 g/mol. The minimum Gasteiger partial charge on any atom is -0.481 e. The highest BCUT2D eigenvalue weighted by Crippen LogP contribution is 2.31. The Kier molecular flexibility index (Phi) is 5.28. The van der Waals surface area contributed by atoms with Crippen LogP contribution in [0.15, 0.2) is 18.2 Å².